The fourth-order valence-electron chi connectivity index (χ4n) is 5.64. The molecule has 4 aromatic rings. The summed E-state index contributed by atoms with van der Waals surface area (Å²) in [6.45, 7) is 6.96. The summed E-state index contributed by atoms with van der Waals surface area (Å²) in [5.74, 6) is 5.58. The minimum Gasteiger partial charge on any atom is -0.378 e. The average Bonchev–Trinajstić information content (AvgIpc) is 3.47. The third-order valence-corrected chi connectivity index (χ3v) is 7.71. The first-order valence-corrected chi connectivity index (χ1v) is 14.5. The molecular weight excluding hydrogens is 544 g/mol. The number of morpholine rings is 1. The predicted octanol–water partition coefficient (Wildman–Crippen LogP) is 3.21. The maximum absolute atomic E-state index is 13.1. The second-order valence-corrected chi connectivity index (χ2v) is 10.7. The van der Waals surface area contributed by atoms with Crippen molar-refractivity contribution in [2.24, 2.45) is 0 Å². The van der Waals surface area contributed by atoms with E-state index in [2.05, 4.69) is 58.3 Å². The first-order valence-electron chi connectivity index (χ1n) is 14.5. The van der Waals surface area contributed by atoms with Crippen molar-refractivity contribution in [1.29, 1.82) is 0 Å². The second kappa shape index (κ2) is 13.0. The number of aromatic nitrogens is 4. The summed E-state index contributed by atoms with van der Waals surface area (Å²) in [6.07, 6.45) is 5.17. The lowest BCUT2D eigenvalue weighted by Crippen LogP contribution is -2.47. The molecule has 2 saturated heterocycles. The molecule has 2 aliphatic heterocycles. The Balaban J connectivity index is 1.09. The van der Waals surface area contributed by atoms with Crippen molar-refractivity contribution in [1.82, 2.24) is 30.2 Å². The van der Waals surface area contributed by atoms with Crippen molar-refractivity contribution in [2.45, 2.75) is 32.4 Å². The van der Waals surface area contributed by atoms with Gasteiger partial charge in [-0.05, 0) is 73.7 Å². The molecule has 2 aliphatic rings. The first kappa shape index (κ1) is 28.3. The summed E-state index contributed by atoms with van der Waals surface area (Å²) in [5, 5.41) is 6.92. The van der Waals surface area contributed by atoms with E-state index in [4.69, 9.17) is 4.74 Å². The van der Waals surface area contributed by atoms with E-state index >= 15 is 0 Å². The molecule has 2 fully saturated rings. The summed E-state index contributed by atoms with van der Waals surface area (Å²) in [6, 6.07) is 13.6. The predicted molar refractivity (Wildman–Crippen MR) is 164 cm³/mol. The molecule has 5 heterocycles. The number of ether oxygens (including phenoxy) is 1. The SMILES string of the molecule is CC#CC(=O)N[C@@H]1CCCN(Cc2ccnc(C(=O)Nc3ccc(-c4cc5c(N6CCOCC6)ncnc5[nH]4)cc3)c2)C1. The standard InChI is InChI=1S/C32H34N8O3/c1-2-4-29(41)36-25-5-3-12-39(20-25)19-22-10-11-33-28(17-22)32(42)37-24-8-6-23(7-9-24)27-18-26-30(38-27)34-21-35-31(26)40-13-15-43-16-14-40/h6-11,17-18,21,25H,3,5,12-16,19-20H2,1H3,(H,36,41)(H,37,42)(H,34,35,38)/t25-/m1/s1. The largest absolute Gasteiger partial charge is 0.378 e. The van der Waals surface area contributed by atoms with Gasteiger partial charge in [0.2, 0.25) is 0 Å². The lowest BCUT2D eigenvalue weighted by atomic mass is 10.0. The number of nitrogens with zero attached hydrogens (tertiary/aromatic N) is 5. The highest BCUT2D eigenvalue weighted by atomic mass is 16.5. The number of fused-ring (bicyclic) bond motifs is 1. The van der Waals surface area contributed by atoms with Gasteiger partial charge in [0.25, 0.3) is 11.8 Å². The van der Waals surface area contributed by atoms with Crippen molar-refractivity contribution in [3.8, 4) is 23.1 Å². The minimum absolute atomic E-state index is 0.0683. The van der Waals surface area contributed by atoms with Gasteiger partial charge in [0.15, 0.2) is 0 Å². The highest BCUT2D eigenvalue weighted by molar-refractivity contribution is 6.03. The highest BCUT2D eigenvalue weighted by Gasteiger charge is 2.22. The van der Waals surface area contributed by atoms with Crippen LogP contribution >= 0.6 is 0 Å². The molecule has 2 amide bonds. The summed E-state index contributed by atoms with van der Waals surface area (Å²) in [4.78, 5) is 46.1. The number of nitrogens with one attached hydrogen (secondary N) is 3. The normalized spacial score (nSPS) is 17.2. The molecule has 11 heteroatoms. The Hall–Kier alpha value is -4.79. The van der Waals surface area contributed by atoms with E-state index in [1.807, 2.05) is 36.4 Å². The Labute approximate surface area is 250 Å². The van der Waals surface area contributed by atoms with Crippen LogP contribution in [-0.2, 0) is 16.1 Å². The molecule has 0 radical (unpaired) electrons. The molecule has 43 heavy (non-hydrogen) atoms. The molecule has 0 unspecified atom stereocenters. The molecule has 3 aromatic heterocycles. The van der Waals surface area contributed by atoms with E-state index < -0.39 is 0 Å². The van der Waals surface area contributed by atoms with Gasteiger partial charge in [-0.15, -0.1) is 0 Å². The van der Waals surface area contributed by atoms with E-state index in [0.29, 0.717) is 31.1 Å². The maximum Gasteiger partial charge on any atom is 0.296 e. The number of H-pyrrole nitrogens is 1. The van der Waals surface area contributed by atoms with Crippen LogP contribution in [-0.4, -0.2) is 82.1 Å². The van der Waals surface area contributed by atoms with E-state index in [9.17, 15) is 9.59 Å². The molecule has 1 atom stereocenters. The van der Waals surface area contributed by atoms with Gasteiger partial charge < -0.3 is 25.3 Å². The van der Waals surface area contributed by atoms with E-state index in [1.54, 1.807) is 19.4 Å². The topological polar surface area (TPSA) is 128 Å². The number of rotatable bonds is 7. The molecule has 0 aliphatic carbocycles. The van der Waals surface area contributed by atoms with E-state index in [1.165, 1.54) is 0 Å². The van der Waals surface area contributed by atoms with Crippen LogP contribution in [0, 0.1) is 11.8 Å². The number of carbonyl (C=O) groups is 2. The Morgan fingerprint density at radius 2 is 1.91 bits per heavy atom. The molecule has 1 aromatic carbocycles. The van der Waals surface area contributed by atoms with Crippen LogP contribution in [0.15, 0.2) is 55.0 Å². The number of hydrogen-bond acceptors (Lipinski definition) is 8. The molecule has 3 N–H and O–H groups in total. The molecule has 220 valence electrons. The fraction of sp³-hybridized carbons (Fsp3) is 0.344. The maximum atomic E-state index is 13.1. The van der Waals surface area contributed by atoms with Gasteiger partial charge in [0.1, 0.15) is 23.5 Å². The number of anilines is 2. The van der Waals surface area contributed by atoms with Crippen LogP contribution in [0.3, 0.4) is 0 Å². The number of amides is 2. The quantitative estimate of drug-likeness (QED) is 0.285. The summed E-state index contributed by atoms with van der Waals surface area (Å²) in [7, 11) is 0. The lowest BCUT2D eigenvalue weighted by molar-refractivity contribution is -0.116. The molecule has 11 nitrogen and oxygen atoms in total. The average molecular weight is 579 g/mol. The summed E-state index contributed by atoms with van der Waals surface area (Å²) in [5.41, 5.74) is 4.71. The van der Waals surface area contributed by atoms with Crippen LogP contribution < -0.4 is 15.5 Å². The van der Waals surface area contributed by atoms with Gasteiger partial charge in [-0.25, -0.2) is 9.97 Å². The number of pyridine rings is 1. The van der Waals surface area contributed by atoms with Gasteiger partial charge in [-0.1, -0.05) is 18.1 Å². The zero-order valence-corrected chi connectivity index (χ0v) is 24.1. The van der Waals surface area contributed by atoms with Gasteiger partial charge in [-0.2, -0.15) is 0 Å². The number of aromatic amines is 1. The lowest BCUT2D eigenvalue weighted by Gasteiger charge is -2.32. The number of benzene rings is 1. The third kappa shape index (κ3) is 6.83. The smallest absolute Gasteiger partial charge is 0.296 e. The van der Waals surface area contributed by atoms with E-state index in [-0.39, 0.29) is 17.9 Å². The van der Waals surface area contributed by atoms with Crippen molar-refractivity contribution >= 4 is 34.4 Å². The van der Waals surface area contributed by atoms with E-state index in [0.717, 1.165) is 72.7 Å². The van der Waals surface area contributed by atoms with Gasteiger partial charge >= 0.3 is 0 Å². The molecule has 0 spiro atoms. The van der Waals surface area contributed by atoms with Crippen LogP contribution in [0.1, 0.15) is 35.8 Å². The van der Waals surface area contributed by atoms with Gasteiger partial charge in [-0.3, -0.25) is 19.5 Å². The minimum atomic E-state index is -0.271. The number of hydrogen-bond donors (Lipinski definition) is 3. The van der Waals surface area contributed by atoms with Crippen LogP contribution in [0.5, 0.6) is 0 Å². The summed E-state index contributed by atoms with van der Waals surface area (Å²) < 4.78 is 5.49. The van der Waals surface area contributed by atoms with Crippen LogP contribution in [0.2, 0.25) is 0 Å². The number of likely N-dealkylation sites (tertiary alicyclic amines) is 1. The Kier molecular flexibility index (Phi) is 8.58. The first-order chi connectivity index (χ1) is 21.1. The molecule has 6 rings (SSSR count). The third-order valence-electron chi connectivity index (χ3n) is 7.71. The number of carbonyl (C=O) groups excluding carboxylic acids is 2. The Bertz CT molecular complexity index is 1670. The highest BCUT2D eigenvalue weighted by Crippen LogP contribution is 2.29. The summed E-state index contributed by atoms with van der Waals surface area (Å²) >= 11 is 0. The molecule has 0 saturated carbocycles. The zero-order valence-electron chi connectivity index (χ0n) is 24.1. The van der Waals surface area contributed by atoms with Crippen molar-refractivity contribution in [3.05, 3.63) is 66.2 Å². The Morgan fingerprint density at radius 3 is 2.72 bits per heavy atom. The fourth-order valence-corrected chi connectivity index (χ4v) is 5.64. The van der Waals surface area contributed by atoms with Crippen LogP contribution in [0.4, 0.5) is 11.5 Å². The van der Waals surface area contributed by atoms with Crippen molar-refractivity contribution in [2.75, 3.05) is 49.6 Å². The molecular formula is C32H34N8O3. The zero-order chi connectivity index (χ0) is 29.6. The van der Waals surface area contributed by atoms with Gasteiger partial charge in [0, 0.05) is 49.8 Å². The van der Waals surface area contributed by atoms with Crippen molar-refractivity contribution in [3.63, 3.8) is 0 Å². The number of piperidine rings is 1. The Morgan fingerprint density at radius 1 is 1.07 bits per heavy atom. The van der Waals surface area contributed by atoms with Gasteiger partial charge in [0.05, 0.1) is 18.6 Å². The monoisotopic (exact) mass is 578 g/mol. The van der Waals surface area contributed by atoms with Crippen LogP contribution in [0.25, 0.3) is 22.3 Å². The second-order valence-electron chi connectivity index (χ2n) is 10.7. The molecule has 0 bridgehead atoms. The van der Waals surface area contributed by atoms with Crippen molar-refractivity contribution < 1.29 is 14.3 Å².